The van der Waals surface area contributed by atoms with Gasteiger partial charge in [-0.25, -0.2) is 0 Å². The molecule has 0 bridgehead atoms. The van der Waals surface area contributed by atoms with E-state index in [0.717, 1.165) is 49.5 Å². The molecule has 1 aliphatic rings. The SMILES string of the molecule is O=C(c1ccccc1Nc1ccccc1)N1CCCNCC1. The lowest BCUT2D eigenvalue weighted by Gasteiger charge is -2.22. The van der Waals surface area contributed by atoms with E-state index in [-0.39, 0.29) is 5.91 Å². The highest BCUT2D eigenvalue weighted by atomic mass is 16.2. The van der Waals surface area contributed by atoms with Crippen LogP contribution in [0.3, 0.4) is 0 Å². The summed E-state index contributed by atoms with van der Waals surface area (Å²) in [4.78, 5) is 14.8. The molecule has 0 aromatic heterocycles. The maximum absolute atomic E-state index is 12.8. The number of para-hydroxylation sites is 2. The summed E-state index contributed by atoms with van der Waals surface area (Å²) >= 11 is 0. The molecule has 4 nitrogen and oxygen atoms in total. The highest BCUT2D eigenvalue weighted by Crippen LogP contribution is 2.22. The van der Waals surface area contributed by atoms with Crippen LogP contribution in [0.5, 0.6) is 0 Å². The van der Waals surface area contributed by atoms with Gasteiger partial charge in [0.05, 0.1) is 11.3 Å². The van der Waals surface area contributed by atoms with Gasteiger partial charge in [-0.05, 0) is 37.2 Å². The number of rotatable bonds is 3. The van der Waals surface area contributed by atoms with Crippen LogP contribution in [0.2, 0.25) is 0 Å². The summed E-state index contributed by atoms with van der Waals surface area (Å²) in [6.07, 6.45) is 1.00. The average molecular weight is 295 g/mol. The van der Waals surface area contributed by atoms with Crippen molar-refractivity contribution < 1.29 is 4.79 Å². The molecular formula is C18H21N3O. The lowest BCUT2D eigenvalue weighted by molar-refractivity contribution is 0.0767. The molecule has 0 radical (unpaired) electrons. The normalized spacial score (nSPS) is 15.2. The summed E-state index contributed by atoms with van der Waals surface area (Å²) in [5, 5.41) is 6.67. The van der Waals surface area contributed by atoms with E-state index in [2.05, 4.69) is 10.6 Å². The van der Waals surface area contributed by atoms with E-state index < -0.39 is 0 Å². The number of carbonyl (C=O) groups is 1. The van der Waals surface area contributed by atoms with Crippen molar-refractivity contribution >= 4 is 17.3 Å². The summed E-state index contributed by atoms with van der Waals surface area (Å²) in [5.74, 6) is 0.0998. The zero-order valence-electron chi connectivity index (χ0n) is 12.6. The van der Waals surface area contributed by atoms with Gasteiger partial charge in [0.15, 0.2) is 0 Å². The van der Waals surface area contributed by atoms with Crippen LogP contribution in [0.1, 0.15) is 16.8 Å². The van der Waals surface area contributed by atoms with Gasteiger partial charge in [0.2, 0.25) is 0 Å². The Kier molecular flexibility index (Phi) is 4.71. The van der Waals surface area contributed by atoms with Crippen LogP contribution in [0.4, 0.5) is 11.4 Å². The number of hydrogen-bond acceptors (Lipinski definition) is 3. The topological polar surface area (TPSA) is 44.4 Å². The van der Waals surface area contributed by atoms with E-state index in [1.807, 2.05) is 59.5 Å². The monoisotopic (exact) mass is 295 g/mol. The molecule has 1 fully saturated rings. The van der Waals surface area contributed by atoms with E-state index in [1.54, 1.807) is 0 Å². The maximum Gasteiger partial charge on any atom is 0.256 e. The Morgan fingerprint density at radius 2 is 1.73 bits per heavy atom. The summed E-state index contributed by atoms with van der Waals surface area (Å²) in [7, 11) is 0. The molecule has 22 heavy (non-hydrogen) atoms. The van der Waals surface area contributed by atoms with Crippen molar-refractivity contribution in [2.24, 2.45) is 0 Å². The Hall–Kier alpha value is -2.33. The van der Waals surface area contributed by atoms with E-state index >= 15 is 0 Å². The molecule has 0 atom stereocenters. The fourth-order valence-electron chi connectivity index (χ4n) is 2.67. The molecule has 2 aromatic carbocycles. The lowest BCUT2D eigenvalue weighted by atomic mass is 10.1. The van der Waals surface area contributed by atoms with Gasteiger partial charge < -0.3 is 15.5 Å². The van der Waals surface area contributed by atoms with Crippen molar-refractivity contribution in [1.29, 1.82) is 0 Å². The molecule has 1 saturated heterocycles. The molecule has 0 spiro atoms. The Balaban J connectivity index is 1.82. The zero-order valence-corrected chi connectivity index (χ0v) is 12.6. The first-order valence-electron chi connectivity index (χ1n) is 7.76. The first-order valence-corrected chi connectivity index (χ1v) is 7.76. The fourth-order valence-corrected chi connectivity index (χ4v) is 2.67. The van der Waals surface area contributed by atoms with Gasteiger partial charge in [-0.2, -0.15) is 0 Å². The van der Waals surface area contributed by atoms with Gasteiger partial charge in [0, 0.05) is 25.3 Å². The number of amides is 1. The van der Waals surface area contributed by atoms with Crippen molar-refractivity contribution in [1.82, 2.24) is 10.2 Å². The number of anilines is 2. The molecule has 2 aromatic rings. The third-order valence-electron chi connectivity index (χ3n) is 3.84. The molecule has 0 unspecified atom stereocenters. The molecule has 0 saturated carbocycles. The van der Waals surface area contributed by atoms with Crippen molar-refractivity contribution in [2.75, 3.05) is 31.5 Å². The first kappa shape index (κ1) is 14.6. The van der Waals surface area contributed by atoms with Gasteiger partial charge in [-0.1, -0.05) is 30.3 Å². The first-order chi connectivity index (χ1) is 10.8. The quantitative estimate of drug-likeness (QED) is 0.915. The number of hydrogen-bond donors (Lipinski definition) is 2. The van der Waals surface area contributed by atoms with Crippen molar-refractivity contribution in [3.8, 4) is 0 Å². The molecular weight excluding hydrogens is 274 g/mol. The third-order valence-corrected chi connectivity index (χ3v) is 3.84. The van der Waals surface area contributed by atoms with E-state index in [9.17, 15) is 4.79 Å². The van der Waals surface area contributed by atoms with E-state index in [0.29, 0.717) is 0 Å². The lowest BCUT2D eigenvalue weighted by Crippen LogP contribution is -2.34. The van der Waals surface area contributed by atoms with Gasteiger partial charge in [0.1, 0.15) is 0 Å². The largest absolute Gasteiger partial charge is 0.355 e. The molecule has 1 aliphatic heterocycles. The average Bonchev–Trinajstić information content (AvgIpc) is 2.85. The maximum atomic E-state index is 12.8. The molecule has 0 aliphatic carbocycles. The smallest absolute Gasteiger partial charge is 0.256 e. The second kappa shape index (κ2) is 7.09. The van der Waals surface area contributed by atoms with Crippen molar-refractivity contribution in [3.63, 3.8) is 0 Å². The van der Waals surface area contributed by atoms with Crippen molar-refractivity contribution in [3.05, 3.63) is 60.2 Å². The number of nitrogens with one attached hydrogen (secondary N) is 2. The minimum absolute atomic E-state index is 0.0998. The van der Waals surface area contributed by atoms with Crippen molar-refractivity contribution in [2.45, 2.75) is 6.42 Å². The summed E-state index contributed by atoms with van der Waals surface area (Å²) < 4.78 is 0. The minimum Gasteiger partial charge on any atom is -0.355 e. The van der Waals surface area contributed by atoms with Gasteiger partial charge in [0.25, 0.3) is 5.91 Å². The van der Waals surface area contributed by atoms with Gasteiger partial charge >= 0.3 is 0 Å². The van der Waals surface area contributed by atoms with Crippen LogP contribution in [-0.4, -0.2) is 37.0 Å². The number of nitrogens with zero attached hydrogens (tertiary/aromatic N) is 1. The Morgan fingerprint density at radius 3 is 2.59 bits per heavy atom. The predicted octanol–water partition coefficient (Wildman–Crippen LogP) is 2.87. The highest BCUT2D eigenvalue weighted by molar-refractivity contribution is 6.00. The standard InChI is InChI=1S/C18H21N3O/c22-18(21-13-6-11-19-12-14-21)16-9-4-5-10-17(16)20-15-7-2-1-3-8-15/h1-5,7-10,19-20H,6,11-14H2. The second-order valence-corrected chi connectivity index (χ2v) is 5.43. The molecule has 1 amide bonds. The molecule has 1 heterocycles. The molecule has 114 valence electrons. The van der Waals surface area contributed by atoms with Crippen LogP contribution in [0.25, 0.3) is 0 Å². The molecule has 3 rings (SSSR count). The van der Waals surface area contributed by atoms with Crippen LogP contribution >= 0.6 is 0 Å². The minimum atomic E-state index is 0.0998. The summed E-state index contributed by atoms with van der Waals surface area (Å²) in [6, 6.07) is 17.6. The predicted molar refractivity (Wildman–Crippen MR) is 89.6 cm³/mol. The third kappa shape index (κ3) is 3.46. The fraction of sp³-hybridized carbons (Fsp3) is 0.278. The second-order valence-electron chi connectivity index (χ2n) is 5.43. The Labute approximate surface area is 131 Å². The molecule has 4 heteroatoms. The molecule has 2 N–H and O–H groups in total. The van der Waals surface area contributed by atoms with Crippen LogP contribution in [0.15, 0.2) is 54.6 Å². The van der Waals surface area contributed by atoms with E-state index in [1.165, 1.54) is 0 Å². The number of benzene rings is 2. The Morgan fingerprint density at radius 1 is 0.955 bits per heavy atom. The van der Waals surface area contributed by atoms with Gasteiger partial charge in [-0.3, -0.25) is 4.79 Å². The van der Waals surface area contributed by atoms with Crippen LogP contribution < -0.4 is 10.6 Å². The van der Waals surface area contributed by atoms with E-state index in [4.69, 9.17) is 0 Å². The summed E-state index contributed by atoms with van der Waals surface area (Å²) in [6.45, 7) is 3.41. The van der Waals surface area contributed by atoms with Crippen LogP contribution in [0, 0.1) is 0 Å². The van der Waals surface area contributed by atoms with Gasteiger partial charge in [-0.15, -0.1) is 0 Å². The summed E-state index contributed by atoms with van der Waals surface area (Å²) in [5.41, 5.74) is 2.57. The Bertz CT molecular complexity index is 619. The van der Waals surface area contributed by atoms with Crippen LogP contribution in [-0.2, 0) is 0 Å². The number of carbonyl (C=O) groups excluding carboxylic acids is 1. The highest BCUT2D eigenvalue weighted by Gasteiger charge is 2.19. The zero-order chi connectivity index (χ0) is 15.2.